The average molecular weight is 471 g/mol. The third-order valence-electron chi connectivity index (χ3n) is 5.62. The first kappa shape index (κ1) is 25.4. The minimum atomic E-state index is -0.976. The van der Waals surface area contributed by atoms with Gasteiger partial charge in [0.2, 0.25) is 0 Å². The van der Waals surface area contributed by atoms with Crippen molar-refractivity contribution >= 4 is 17.0 Å². The fourth-order valence-corrected chi connectivity index (χ4v) is 4.02. The van der Waals surface area contributed by atoms with Crippen LogP contribution in [0, 0.1) is 0 Å². The molecule has 1 aromatic carbocycles. The summed E-state index contributed by atoms with van der Waals surface area (Å²) in [5.41, 5.74) is 2.85. The average Bonchev–Trinajstić information content (AvgIpc) is 3.12. The highest BCUT2D eigenvalue weighted by Crippen LogP contribution is 2.17. The molecule has 2 heterocycles. The van der Waals surface area contributed by atoms with Crippen LogP contribution in [0.5, 0.6) is 5.75 Å². The van der Waals surface area contributed by atoms with E-state index in [0.717, 1.165) is 36.3 Å². The topological polar surface area (TPSA) is 108 Å². The van der Waals surface area contributed by atoms with Crippen LogP contribution in [0.3, 0.4) is 0 Å². The van der Waals surface area contributed by atoms with E-state index in [4.69, 9.17) is 14.5 Å². The van der Waals surface area contributed by atoms with E-state index in [-0.39, 0.29) is 12.0 Å². The number of ether oxygens (including phenoxy) is 2. The largest absolute Gasteiger partial charge is 0.492 e. The molecule has 34 heavy (non-hydrogen) atoms. The number of aliphatic carboxylic acids is 1. The summed E-state index contributed by atoms with van der Waals surface area (Å²) in [6.45, 7) is 6.95. The van der Waals surface area contributed by atoms with Gasteiger partial charge in [-0.15, -0.1) is 0 Å². The second-order valence-electron chi connectivity index (χ2n) is 8.23. The SMILES string of the molecule is CCCc1nn(C)c2c(=O)n(CCOc3ccc(CC(OCC)C(=O)O)cc3)c(CCC)nc12. The monoisotopic (exact) mass is 470 g/mol. The Morgan fingerprint density at radius 3 is 2.44 bits per heavy atom. The van der Waals surface area contributed by atoms with Crippen molar-refractivity contribution in [2.45, 2.75) is 65.5 Å². The van der Waals surface area contributed by atoms with Crippen molar-refractivity contribution in [3.63, 3.8) is 0 Å². The van der Waals surface area contributed by atoms with Gasteiger partial charge in [-0.2, -0.15) is 5.10 Å². The van der Waals surface area contributed by atoms with Gasteiger partial charge in [-0.3, -0.25) is 14.0 Å². The number of nitrogens with zero attached hydrogens (tertiary/aromatic N) is 4. The molecule has 2 aromatic heterocycles. The molecule has 0 aliphatic carbocycles. The Bertz CT molecular complexity index is 1170. The van der Waals surface area contributed by atoms with Crippen LogP contribution in [-0.4, -0.2) is 49.7 Å². The third-order valence-corrected chi connectivity index (χ3v) is 5.62. The van der Waals surface area contributed by atoms with Crippen molar-refractivity contribution in [1.29, 1.82) is 0 Å². The lowest BCUT2D eigenvalue weighted by Gasteiger charge is -2.14. The van der Waals surface area contributed by atoms with Crippen molar-refractivity contribution in [3.05, 3.63) is 51.7 Å². The van der Waals surface area contributed by atoms with Crippen LogP contribution >= 0.6 is 0 Å². The molecule has 0 spiro atoms. The molecule has 0 aliphatic rings. The Morgan fingerprint density at radius 1 is 1.12 bits per heavy atom. The van der Waals surface area contributed by atoms with Gasteiger partial charge in [-0.1, -0.05) is 32.4 Å². The fourth-order valence-electron chi connectivity index (χ4n) is 4.02. The number of hydrogen-bond donors (Lipinski definition) is 1. The highest BCUT2D eigenvalue weighted by molar-refractivity contribution is 5.76. The summed E-state index contributed by atoms with van der Waals surface area (Å²) < 4.78 is 14.5. The lowest BCUT2D eigenvalue weighted by Crippen LogP contribution is -2.29. The second-order valence-corrected chi connectivity index (χ2v) is 8.23. The first-order chi connectivity index (χ1) is 16.4. The van der Waals surface area contributed by atoms with Gasteiger partial charge < -0.3 is 14.6 Å². The van der Waals surface area contributed by atoms with Crippen molar-refractivity contribution < 1.29 is 19.4 Å². The van der Waals surface area contributed by atoms with E-state index in [0.29, 0.717) is 43.0 Å². The number of hydrogen-bond acceptors (Lipinski definition) is 6. The van der Waals surface area contributed by atoms with Crippen LogP contribution in [0.2, 0.25) is 0 Å². The van der Waals surface area contributed by atoms with Gasteiger partial charge in [0.1, 0.15) is 23.7 Å². The van der Waals surface area contributed by atoms with Gasteiger partial charge >= 0.3 is 5.97 Å². The summed E-state index contributed by atoms with van der Waals surface area (Å²) in [6, 6.07) is 7.26. The van der Waals surface area contributed by atoms with Gasteiger partial charge in [-0.25, -0.2) is 9.78 Å². The zero-order valence-electron chi connectivity index (χ0n) is 20.4. The maximum Gasteiger partial charge on any atom is 0.333 e. The van der Waals surface area contributed by atoms with Gasteiger partial charge in [0.15, 0.2) is 11.6 Å². The number of rotatable bonds is 13. The number of carboxylic acid groups (broad SMARTS) is 1. The van der Waals surface area contributed by atoms with E-state index >= 15 is 0 Å². The maximum atomic E-state index is 13.3. The Morgan fingerprint density at radius 2 is 1.82 bits per heavy atom. The number of benzene rings is 1. The summed E-state index contributed by atoms with van der Waals surface area (Å²) >= 11 is 0. The number of aromatic nitrogens is 4. The molecular formula is C25H34N4O5. The predicted molar refractivity (Wildman–Crippen MR) is 129 cm³/mol. The van der Waals surface area contributed by atoms with E-state index in [1.165, 1.54) is 0 Å². The Balaban J connectivity index is 1.73. The number of aryl methyl sites for hydroxylation is 3. The summed E-state index contributed by atoms with van der Waals surface area (Å²) in [4.78, 5) is 29.4. The molecule has 0 amide bonds. The lowest BCUT2D eigenvalue weighted by atomic mass is 10.1. The molecule has 1 atom stereocenters. The van der Waals surface area contributed by atoms with Crippen LogP contribution in [0.15, 0.2) is 29.1 Å². The molecule has 0 saturated carbocycles. The van der Waals surface area contributed by atoms with Crippen LogP contribution in [0.4, 0.5) is 0 Å². The zero-order valence-corrected chi connectivity index (χ0v) is 20.4. The highest BCUT2D eigenvalue weighted by atomic mass is 16.5. The van der Waals surface area contributed by atoms with Crippen LogP contribution in [-0.2, 0) is 42.4 Å². The summed E-state index contributed by atoms with van der Waals surface area (Å²) in [5, 5.41) is 13.8. The molecule has 9 heteroatoms. The predicted octanol–water partition coefficient (Wildman–Crippen LogP) is 3.15. The van der Waals surface area contributed by atoms with Crippen molar-refractivity contribution in [1.82, 2.24) is 19.3 Å². The number of carbonyl (C=O) groups is 1. The van der Waals surface area contributed by atoms with E-state index < -0.39 is 12.1 Å². The molecule has 3 aromatic rings. The molecule has 1 unspecified atom stereocenters. The van der Waals surface area contributed by atoms with E-state index in [9.17, 15) is 14.7 Å². The lowest BCUT2D eigenvalue weighted by molar-refractivity contribution is -0.149. The molecule has 0 bridgehead atoms. The minimum Gasteiger partial charge on any atom is -0.492 e. The van der Waals surface area contributed by atoms with Crippen molar-refractivity contribution in [2.24, 2.45) is 7.05 Å². The van der Waals surface area contributed by atoms with Gasteiger partial charge in [0.05, 0.1) is 12.2 Å². The van der Waals surface area contributed by atoms with E-state index in [1.807, 2.05) is 12.1 Å². The summed E-state index contributed by atoms with van der Waals surface area (Å²) in [7, 11) is 1.78. The van der Waals surface area contributed by atoms with E-state index in [2.05, 4.69) is 18.9 Å². The molecular weight excluding hydrogens is 436 g/mol. The molecule has 184 valence electrons. The maximum absolute atomic E-state index is 13.3. The quantitative estimate of drug-likeness (QED) is 0.409. The van der Waals surface area contributed by atoms with Gasteiger partial charge in [0, 0.05) is 26.5 Å². The standard InChI is InChI=1S/C25H34N4O5/c1-5-8-19-22-23(28(4)27-19)24(30)29(21(26-22)9-6-2)14-15-34-18-12-10-17(11-13-18)16-20(25(31)32)33-7-3/h10-13,20H,5-9,14-16H2,1-4H3,(H,31,32). The Labute approximate surface area is 199 Å². The molecule has 0 radical (unpaired) electrons. The first-order valence-electron chi connectivity index (χ1n) is 11.9. The molecule has 0 saturated heterocycles. The Hall–Kier alpha value is -3.20. The molecule has 0 aliphatic heterocycles. The summed E-state index contributed by atoms with van der Waals surface area (Å²) in [5.74, 6) is 0.424. The van der Waals surface area contributed by atoms with Crippen LogP contribution in [0.1, 0.15) is 50.7 Å². The number of fused-ring (bicyclic) bond motifs is 1. The van der Waals surface area contributed by atoms with Crippen molar-refractivity contribution in [2.75, 3.05) is 13.2 Å². The number of carboxylic acids is 1. The molecule has 3 rings (SSSR count). The smallest absolute Gasteiger partial charge is 0.333 e. The van der Waals surface area contributed by atoms with Crippen LogP contribution < -0.4 is 10.3 Å². The second kappa shape index (κ2) is 11.8. The molecule has 1 N–H and O–H groups in total. The van der Waals surface area contributed by atoms with E-state index in [1.54, 1.807) is 35.4 Å². The zero-order chi connectivity index (χ0) is 24.7. The minimum absolute atomic E-state index is 0.0969. The molecule has 9 nitrogen and oxygen atoms in total. The third kappa shape index (κ3) is 5.83. The van der Waals surface area contributed by atoms with Gasteiger partial charge in [0.25, 0.3) is 5.56 Å². The van der Waals surface area contributed by atoms with Crippen molar-refractivity contribution in [3.8, 4) is 5.75 Å². The van der Waals surface area contributed by atoms with Crippen LogP contribution in [0.25, 0.3) is 11.0 Å². The fraction of sp³-hybridized carbons (Fsp3) is 0.520. The van der Waals surface area contributed by atoms with Gasteiger partial charge in [-0.05, 0) is 37.5 Å². The molecule has 0 fully saturated rings. The first-order valence-corrected chi connectivity index (χ1v) is 11.9. The normalized spacial score (nSPS) is 12.2. The highest BCUT2D eigenvalue weighted by Gasteiger charge is 2.19. The Kier molecular flexibility index (Phi) is 8.81. The summed E-state index contributed by atoms with van der Waals surface area (Å²) in [6.07, 6.45) is 2.72.